The summed E-state index contributed by atoms with van der Waals surface area (Å²) >= 11 is 1.24. The molecule has 1 aromatic carbocycles. The van der Waals surface area contributed by atoms with E-state index in [0.29, 0.717) is 5.16 Å². The molecule has 1 saturated heterocycles. The summed E-state index contributed by atoms with van der Waals surface area (Å²) in [6, 6.07) is 7.91. The highest BCUT2D eigenvalue weighted by Gasteiger charge is 2.11. The lowest BCUT2D eigenvalue weighted by atomic mass is 10.2. The fraction of sp³-hybridized carbons (Fsp3) is 0.400. The van der Waals surface area contributed by atoms with E-state index in [2.05, 4.69) is 20.4 Å². The van der Waals surface area contributed by atoms with Crippen LogP contribution in [0.1, 0.15) is 5.56 Å². The van der Waals surface area contributed by atoms with Crippen molar-refractivity contribution in [3.05, 3.63) is 36.2 Å². The van der Waals surface area contributed by atoms with E-state index in [-0.39, 0.29) is 11.7 Å². The lowest BCUT2D eigenvalue weighted by Crippen LogP contribution is -2.35. The summed E-state index contributed by atoms with van der Waals surface area (Å²) in [6.07, 6.45) is 1.40. The smallest absolute Gasteiger partial charge is 0.234 e. The van der Waals surface area contributed by atoms with Gasteiger partial charge in [0.25, 0.3) is 0 Å². The van der Waals surface area contributed by atoms with E-state index in [1.807, 2.05) is 24.3 Å². The van der Waals surface area contributed by atoms with Crippen molar-refractivity contribution < 1.29 is 9.53 Å². The molecule has 9 heteroatoms. The number of carbonyl (C=O) groups excluding carboxylic acids is 1. The van der Waals surface area contributed by atoms with Crippen molar-refractivity contribution in [3.63, 3.8) is 0 Å². The van der Waals surface area contributed by atoms with E-state index in [1.54, 1.807) is 0 Å². The summed E-state index contributed by atoms with van der Waals surface area (Å²) in [5.74, 6) is 5.72. The van der Waals surface area contributed by atoms with Crippen molar-refractivity contribution >= 4 is 23.4 Å². The van der Waals surface area contributed by atoms with Crippen LogP contribution in [0.2, 0.25) is 0 Å². The number of nitrogen functional groups attached to an aromatic ring is 1. The van der Waals surface area contributed by atoms with Gasteiger partial charge in [0.05, 0.1) is 19.0 Å². The van der Waals surface area contributed by atoms with E-state index in [1.165, 1.54) is 28.3 Å². The number of nitrogens with two attached hydrogens (primary N) is 1. The number of thioether (sulfide) groups is 1. The average molecular weight is 348 g/mol. The van der Waals surface area contributed by atoms with Gasteiger partial charge in [-0.15, -0.1) is 10.2 Å². The van der Waals surface area contributed by atoms with Crippen molar-refractivity contribution in [3.8, 4) is 0 Å². The molecule has 1 fully saturated rings. The van der Waals surface area contributed by atoms with Crippen LogP contribution in [-0.4, -0.2) is 57.7 Å². The van der Waals surface area contributed by atoms with Crippen LogP contribution < -0.4 is 11.2 Å². The van der Waals surface area contributed by atoms with Crippen LogP contribution in [0.5, 0.6) is 0 Å². The van der Waals surface area contributed by atoms with Crippen LogP contribution in [0, 0.1) is 0 Å². The minimum absolute atomic E-state index is 0.107. The first kappa shape index (κ1) is 16.7. The number of carbonyl (C=O) groups is 1. The van der Waals surface area contributed by atoms with Crippen LogP contribution in [0.4, 0.5) is 5.69 Å². The van der Waals surface area contributed by atoms with Crippen molar-refractivity contribution in [1.29, 1.82) is 0 Å². The number of amides is 1. The van der Waals surface area contributed by atoms with Gasteiger partial charge in [-0.1, -0.05) is 23.9 Å². The first-order valence-corrected chi connectivity index (χ1v) is 8.66. The second-order valence-corrected chi connectivity index (χ2v) is 6.39. The van der Waals surface area contributed by atoms with Crippen molar-refractivity contribution in [2.75, 3.05) is 43.2 Å². The van der Waals surface area contributed by atoms with Crippen LogP contribution in [0.3, 0.4) is 0 Å². The third kappa shape index (κ3) is 4.70. The van der Waals surface area contributed by atoms with Gasteiger partial charge in [0.2, 0.25) is 11.1 Å². The normalized spacial score (nSPS) is 15.3. The highest BCUT2D eigenvalue weighted by molar-refractivity contribution is 7.99. The first-order chi connectivity index (χ1) is 11.7. The van der Waals surface area contributed by atoms with Crippen LogP contribution in [-0.2, 0) is 16.1 Å². The number of ether oxygens (including phenoxy) is 1. The maximum absolute atomic E-state index is 12.0. The number of morpholine rings is 1. The molecule has 0 radical (unpaired) electrons. The lowest BCUT2D eigenvalue weighted by Gasteiger charge is -2.26. The van der Waals surface area contributed by atoms with Gasteiger partial charge in [-0.3, -0.25) is 9.69 Å². The Bertz CT molecular complexity index is 669. The Kier molecular flexibility index (Phi) is 5.68. The monoisotopic (exact) mass is 348 g/mol. The molecule has 0 spiro atoms. The van der Waals surface area contributed by atoms with Gasteiger partial charge >= 0.3 is 0 Å². The summed E-state index contributed by atoms with van der Waals surface area (Å²) in [5, 5.41) is 10.9. The molecule has 0 bridgehead atoms. The number of nitrogens with one attached hydrogen (secondary N) is 1. The molecule has 2 heterocycles. The van der Waals surface area contributed by atoms with E-state index in [0.717, 1.165) is 38.5 Å². The number of benzene rings is 1. The highest BCUT2D eigenvalue weighted by Crippen LogP contribution is 2.15. The Morgan fingerprint density at radius 2 is 2.04 bits per heavy atom. The molecule has 24 heavy (non-hydrogen) atoms. The Morgan fingerprint density at radius 3 is 2.71 bits per heavy atom. The number of rotatable bonds is 6. The number of anilines is 1. The molecule has 3 N–H and O–H groups in total. The van der Waals surface area contributed by atoms with Crippen molar-refractivity contribution in [2.45, 2.75) is 11.7 Å². The molecule has 1 amide bonds. The fourth-order valence-corrected chi connectivity index (χ4v) is 3.01. The predicted octanol–water partition coefficient (Wildman–Crippen LogP) is 0.555. The molecule has 0 unspecified atom stereocenters. The second-order valence-electron chi connectivity index (χ2n) is 5.44. The molecule has 1 aromatic heterocycles. The van der Waals surface area contributed by atoms with Gasteiger partial charge in [-0.05, 0) is 17.7 Å². The zero-order valence-corrected chi connectivity index (χ0v) is 14.0. The molecule has 128 valence electrons. The fourth-order valence-electron chi connectivity index (χ4n) is 2.37. The maximum Gasteiger partial charge on any atom is 0.234 e. The summed E-state index contributed by atoms with van der Waals surface area (Å²) in [7, 11) is 0. The van der Waals surface area contributed by atoms with Crippen LogP contribution in [0.15, 0.2) is 35.7 Å². The van der Waals surface area contributed by atoms with Gasteiger partial charge in [-0.25, -0.2) is 4.68 Å². The number of hydrogen-bond acceptors (Lipinski definition) is 7. The lowest BCUT2D eigenvalue weighted by molar-refractivity contribution is -0.113. The van der Waals surface area contributed by atoms with E-state index in [9.17, 15) is 4.79 Å². The van der Waals surface area contributed by atoms with Gasteiger partial charge in [0.1, 0.15) is 6.33 Å². The standard InChI is InChI=1S/C15H20N6O2S/c16-21-11-17-19-15(21)24-10-14(22)18-13-3-1-12(2-4-13)9-20-5-7-23-8-6-20/h1-4,11H,5-10,16H2,(H,18,22). The van der Waals surface area contributed by atoms with Crippen LogP contribution >= 0.6 is 11.8 Å². The van der Waals surface area contributed by atoms with Crippen molar-refractivity contribution in [1.82, 2.24) is 19.8 Å². The molecule has 1 aliphatic rings. The SMILES string of the molecule is Nn1cnnc1SCC(=O)Nc1ccc(CN2CCOCC2)cc1. The maximum atomic E-state index is 12.0. The average Bonchev–Trinajstić information content (AvgIpc) is 3.01. The van der Waals surface area contributed by atoms with E-state index < -0.39 is 0 Å². The summed E-state index contributed by atoms with van der Waals surface area (Å²) in [5.41, 5.74) is 2.00. The van der Waals surface area contributed by atoms with Crippen molar-refractivity contribution in [2.24, 2.45) is 0 Å². The minimum atomic E-state index is -0.107. The zero-order chi connectivity index (χ0) is 16.8. The molecule has 0 atom stereocenters. The third-order valence-corrected chi connectivity index (χ3v) is 4.58. The highest BCUT2D eigenvalue weighted by atomic mass is 32.2. The molecule has 1 aliphatic heterocycles. The molecule has 0 aliphatic carbocycles. The van der Waals surface area contributed by atoms with Crippen LogP contribution in [0.25, 0.3) is 0 Å². The molecule has 3 rings (SSSR count). The van der Waals surface area contributed by atoms with E-state index >= 15 is 0 Å². The predicted molar refractivity (Wildman–Crippen MR) is 92.1 cm³/mol. The largest absolute Gasteiger partial charge is 0.379 e. The quantitative estimate of drug-likeness (QED) is 0.581. The molecule has 0 saturated carbocycles. The number of nitrogens with zero attached hydrogens (tertiary/aromatic N) is 4. The number of aromatic nitrogens is 3. The Hall–Kier alpha value is -2.10. The molecule has 2 aromatic rings. The van der Waals surface area contributed by atoms with Gasteiger partial charge in [0, 0.05) is 25.3 Å². The second kappa shape index (κ2) is 8.13. The van der Waals surface area contributed by atoms with Gasteiger partial charge < -0.3 is 15.9 Å². The van der Waals surface area contributed by atoms with Gasteiger partial charge in [0.15, 0.2) is 0 Å². The van der Waals surface area contributed by atoms with Gasteiger partial charge in [-0.2, -0.15) is 0 Å². The third-order valence-electron chi connectivity index (χ3n) is 3.62. The van der Waals surface area contributed by atoms with E-state index in [4.69, 9.17) is 10.6 Å². The zero-order valence-electron chi connectivity index (χ0n) is 13.2. The summed E-state index contributed by atoms with van der Waals surface area (Å²) in [4.78, 5) is 14.3. The minimum Gasteiger partial charge on any atom is -0.379 e. The molecule has 8 nitrogen and oxygen atoms in total. The Labute approximate surface area is 144 Å². The molecular formula is C15H20N6O2S. The molecular weight excluding hydrogens is 328 g/mol. The summed E-state index contributed by atoms with van der Waals surface area (Å²) in [6.45, 7) is 4.41. The Morgan fingerprint density at radius 1 is 1.29 bits per heavy atom. The first-order valence-electron chi connectivity index (χ1n) is 7.67. The summed E-state index contributed by atoms with van der Waals surface area (Å²) < 4.78 is 6.64. The Balaban J connectivity index is 1.46. The topological polar surface area (TPSA) is 98.3 Å². The number of hydrogen-bond donors (Lipinski definition) is 2.